The van der Waals surface area contributed by atoms with Crippen molar-refractivity contribution in [2.24, 2.45) is 4.99 Å². The molecular formula is C21H29IN6O2. The fourth-order valence-electron chi connectivity index (χ4n) is 3.51. The highest BCUT2D eigenvalue weighted by Crippen LogP contribution is 2.32. The third-order valence-electron chi connectivity index (χ3n) is 5.24. The van der Waals surface area contributed by atoms with Gasteiger partial charge in [0.15, 0.2) is 17.5 Å². The fraction of sp³-hybridized carbons (Fsp3) is 0.429. The number of aliphatic imine (C=N–C) groups is 1. The number of hydrogen-bond acceptors (Lipinski definition) is 6. The Balaban J connectivity index is 0.00000256. The summed E-state index contributed by atoms with van der Waals surface area (Å²) in [7, 11) is 3.94. The zero-order valence-electron chi connectivity index (χ0n) is 17.4. The van der Waals surface area contributed by atoms with E-state index >= 15 is 0 Å². The van der Waals surface area contributed by atoms with Crippen LogP contribution in [0.15, 0.2) is 41.5 Å². The number of nitrogens with zero attached hydrogens (tertiary/aromatic N) is 4. The van der Waals surface area contributed by atoms with Crippen molar-refractivity contribution < 1.29 is 9.47 Å². The van der Waals surface area contributed by atoms with Crippen LogP contribution in [-0.2, 0) is 13.1 Å². The molecule has 3 heterocycles. The van der Waals surface area contributed by atoms with Crippen LogP contribution >= 0.6 is 24.0 Å². The maximum atomic E-state index is 5.44. The fourth-order valence-corrected chi connectivity index (χ4v) is 3.51. The van der Waals surface area contributed by atoms with Gasteiger partial charge in [-0.3, -0.25) is 4.99 Å². The van der Waals surface area contributed by atoms with Crippen molar-refractivity contribution in [2.45, 2.75) is 13.1 Å². The topological polar surface area (TPSA) is 74.2 Å². The van der Waals surface area contributed by atoms with E-state index in [1.54, 1.807) is 7.05 Å². The Kier molecular flexibility index (Phi) is 7.97. The third-order valence-corrected chi connectivity index (χ3v) is 5.24. The smallest absolute Gasteiger partial charge is 0.231 e. The first-order valence-corrected chi connectivity index (χ1v) is 9.93. The van der Waals surface area contributed by atoms with E-state index < -0.39 is 0 Å². The van der Waals surface area contributed by atoms with Gasteiger partial charge in [0.25, 0.3) is 0 Å². The summed E-state index contributed by atoms with van der Waals surface area (Å²) in [5, 5.41) is 6.76. The number of anilines is 1. The van der Waals surface area contributed by atoms with Crippen LogP contribution in [0.1, 0.15) is 11.1 Å². The highest BCUT2D eigenvalue weighted by Gasteiger charge is 2.18. The molecule has 0 aliphatic carbocycles. The predicted octanol–water partition coefficient (Wildman–Crippen LogP) is 2.05. The molecule has 0 spiro atoms. The minimum absolute atomic E-state index is 0. The lowest BCUT2D eigenvalue weighted by atomic mass is 10.2. The van der Waals surface area contributed by atoms with E-state index in [1.165, 1.54) is 5.56 Å². The molecule has 4 rings (SSSR count). The summed E-state index contributed by atoms with van der Waals surface area (Å²) in [5.74, 6) is 3.39. The van der Waals surface area contributed by atoms with Gasteiger partial charge in [-0.25, -0.2) is 4.98 Å². The van der Waals surface area contributed by atoms with E-state index in [2.05, 4.69) is 43.5 Å². The second kappa shape index (κ2) is 10.7. The molecule has 9 heteroatoms. The highest BCUT2D eigenvalue weighted by atomic mass is 127. The molecule has 0 amide bonds. The number of benzene rings is 1. The molecule has 1 aromatic heterocycles. The summed E-state index contributed by atoms with van der Waals surface area (Å²) in [6, 6.07) is 10.1. The van der Waals surface area contributed by atoms with E-state index in [-0.39, 0.29) is 30.8 Å². The lowest BCUT2D eigenvalue weighted by Gasteiger charge is -2.34. The van der Waals surface area contributed by atoms with Crippen molar-refractivity contribution in [2.75, 3.05) is 52.0 Å². The van der Waals surface area contributed by atoms with Gasteiger partial charge in [-0.1, -0.05) is 12.1 Å². The van der Waals surface area contributed by atoms with Crippen LogP contribution in [-0.4, -0.2) is 62.9 Å². The van der Waals surface area contributed by atoms with Crippen LogP contribution in [0.25, 0.3) is 0 Å². The number of hydrogen-bond donors (Lipinski definition) is 2. The minimum atomic E-state index is 0. The zero-order chi connectivity index (χ0) is 20.1. The van der Waals surface area contributed by atoms with E-state index in [9.17, 15) is 0 Å². The highest BCUT2D eigenvalue weighted by molar-refractivity contribution is 14.0. The van der Waals surface area contributed by atoms with Crippen LogP contribution in [0.4, 0.5) is 5.82 Å². The van der Waals surface area contributed by atoms with Gasteiger partial charge in [-0.2, -0.15) is 0 Å². The number of aromatic nitrogens is 1. The largest absolute Gasteiger partial charge is 0.454 e. The van der Waals surface area contributed by atoms with Crippen molar-refractivity contribution in [1.82, 2.24) is 20.5 Å². The summed E-state index contributed by atoms with van der Waals surface area (Å²) < 4.78 is 10.8. The summed E-state index contributed by atoms with van der Waals surface area (Å²) in [6.07, 6.45) is 1.86. The molecule has 8 nitrogen and oxygen atoms in total. The van der Waals surface area contributed by atoms with Gasteiger partial charge in [0, 0.05) is 58.1 Å². The molecule has 0 bridgehead atoms. The first-order chi connectivity index (χ1) is 14.2. The Labute approximate surface area is 194 Å². The van der Waals surface area contributed by atoms with Crippen molar-refractivity contribution in [3.8, 4) is 11.5 Å². The monoisotopic (exact) mass is 524 g/mol. The second-order valence-electron chi connectivity index (χ2n) is 7.24. The van der Waals surface area contributed by atoms with Crippen LogP contribution in [0.3, 0.4) is 0 Å². The molecule has 0 radical (unpaired) electrons. The number of ether oxygens (including phenoxy) is 2. The first-order valence-electron chi connectivity index (χ1n) is 9.93. The van der Waals surface area contributed by atoms with E-state index in [4.69, 9.17) is 9.47 Å². The van der Waals surface area contributed by atoms with E-state index in [0.29, 0.717) is 13.1 Å². The number of nitrogens with one attached hydrogen (secondary N) is 2. The number of fused-ring (bicyclic) bond motifs is 1. The Hall–Kier alpha value is -2.27. The lowest BCUT2D eigenvalue weighted by Crippen LogP contribution is -2.45. The summed E-state index contributed by atoms with van der Waals surface area (Å²) in [5.41, 5.74) is 2.28. The lowest BCUT2D eigenvalue weighted by molar-refractivity contribution is 0.174. The van der Waals surface area contributed by atoms with Crippen molar-refractivity contribution in [3.05, 3.63) is 47.7 Å². The van der Waals surface area contributed by atoms with E-state index in [0.717, 1.165) is 55.0 Å². The minimum Gasteiger partial charge on any atom is -0.454 e. The molecule has 2 aromatic rings. The Morgan fingerprint density at radius 2 is 1.83 bits per heavy atom. The van der Waals surface area contributed by atoms with Crippen LogP contribution in [0.2, 0.25) is 0 Å². The van der Waals surface area contributed by atoms with Gasteiger partial charge in [-0.05, 0) is 30.8 Å². The molecule has 2 aliphatic rings. The maximum Gasteiger partial charge on any atom is 0.231 e. The molecule has 0 unspecified atom stereocenters. The van der Waals surface area contributed by atoms with Gasteiger partial charge >= 0.3 is 0 Å². The van der Waals surface area contributed by atoms with E-state index in [1.807, 2.05) is 30.5 Å². The summed E-state index contributed by atoms with van der Waals surface area (Å²) in [4.78, 5) is 13.7. The molecule has 0 saturated carbocycles. The molecule has 1 aromatic carbocycles. The molecule has 1 saturated heterocycles. The molecule has 2 aliphatic heterocycles. The van der Waals surface area contributed by atoms with Crippen LogP contribution < -0.4 is 25.0 Å². The molecular weight excluding hydrogens is 495 g/mol. The summed E-state index contributed by atoms with van der Waals surface area (Å²) in [6.45, 7) is 5.71. The third kappa shape index (κ3) is 5.45. The van der Waals surface area contributed by atoms with Gasteiger partial charge in [0.05, 0.1) is 0 Å². The average molecular weight is 524 g/mol. The zero-order valence-corrected chi connectivity index (χ0v) is 19.8. The first kappa shape index (κ1) is 22.4. The number of rotatable bonds is 5. The van der Waals surface area contributed by atoms with Crippen molar-refractivity contribution in [3.63, 3.8) is 0 Å². The van der Waals surface area contributed by atoms with Gasteiger partial charge < -0.3 is 29.9 Å². The van der Waals surface area contributed by atoms with Gasteiger partial charge in [0.1, 0.15) is 5.82 Å². The summed E-state index contributed by atoms with van der Waals surface area (Å²) >= 11 is 0. The predicted molar refractivity (Wildman–Crippen MR) is 129 cm³/mol. The maximum absolute atomic E-state index is 5.44. The molecule has 1 fully saturated rings. The van der Waals surface area contributed by atoms with Gasteiger partial charge in [-0.15, -0.1) is 24.0 Å². The van der Waals surface area contributed by atoms with Gasteiger partial charge in [0.2, 0.25) is 6.79 Å². The Morgan fingerprint density at radius 1 is 1.07 bits per heavy atom. The standard InChI is InChI=1S/C21H28N6O2.HI/c1-22-21(24-13-16-5-6-18-19(12-16)29-15-28-18)25-14-17-4-3-7-23-20(17)27-10-8-26(2)9-11-27;/h3-7,12H,8-11,13-15H2,1-2H3,(H2,22,24,25);1H. The molecule has 0 atom stereocenters. The average Bonchev–Trinajstić information content (AvgIpc) is 3.23. The number of likely N-dealkylation sites (N-methyl/N-ethyl adjacent to an activating group) is 1. The number of pyridine rings is 1. The quantitative estimate of drug-likeness (QED) is 0.353. The SMILES string of the molecule is CN=C(NCc1ccc2c(c1)OCO2)NCc1cccnc1N1CCN(C)CC1.I. The Morgan fingerprint density at radius 3 is 2.63 bits per heavy atom. The normalized spacial score (nSPS) is 16.2. The second-order valence-corrected chi connectivity index (χ2v) is 7.24. The Bertz CT molecular complexity index is 870. The number of guanidine groups is 1. The molecule has 2 N–H and O–H groups in total. The molecule has 30 heavy (non-hydrogen) atoms. The van der Waals surface area contributed by atoms with Crippen LogP contribution in [0, 0.1) is 0 Å². The molecule has 162 valence electrons. The number of halogens is 1. The van der Waals surface area contributed by atoms with Crippen molar-refractivity contribution in [1.29, 1.82) is 0 Å². The van der Waals surface area contributed by atoms with Crippen molar-refractivity contribution >= 4 is 35.8 Å². The van der Waals surface area contributed by atoms with Crippen LogP contribution in [0.5, 0.6) is 11.5 Å². The number of piperazine rings is 1.